The van der Waals surface area contributed by atoms with Crippen LogP contribution in [0.1, 0.15) is 38.1 Å². The monoisotopic (exact) mass is 211 g/mol. The minimum absolute atomic E-state index is 0.0504. The van der Waals surface area contributed by atoms with Gasteiger partial charge < -0.3 is 15.8 Å². The van der Waals surface area contributed by atoms with Crippen molar-refractivity contribution in [3.8, 4) is 5.88 Å². The molecule has 15 heavy (non-hydrogen) atoms. The zero-order valence-corrected chi connectivity index (χ0v) is 9.24. The van der Waals surface area contributed by atoms with Gasteiger partial charge in [-0.25, -0.2) is 0 Å². The fourth-order valence-corrected chi connectivity index (χ4v) is 1.44. The Bertz CT molecular complexity index is 396. The first kappa shape index (κ1) is 11.7. The minimum atomic E-state index is -0.284. The van der Waals surface area contributed by atoms with Crippen LogP contribution in [-0.2, 0) is 6.42 Å². The van der Waals surface area contributed by atoms with Gasteiger partial charge in [-0.15, -0.1) is 0 Å². The molecule has 1 aromatic rings. The molecule has 1 heterocycles. The van der Waals surface area contributed by atoms with Crippen LogP contribution in [0.15, 0.2) is 4.79 Å². The average molecular weight is 211 g/mol. The van der Waals surface area contributed by atoms with Crippen molar-refractivity contribution in [1.82, 2.24) is 9.97 Å². The molecule has 0 aliphatic heterocycles. The second-order valence-electron chi connectivity index (χ2n) is 4.09. The molecule has 0 aliphatic carbocycles. The zero-order chi connectivity index (χ0) is 11.6. The molecule has 0 amide bonds. The lowest BCUT2D eigenvalue weighted by Gasteiger charge is -2.09. The number of nitrogens with zero attached hydrogens (tertiary/aromatic N) is 1. The van der Waals surface area contributed by atoms with Crippen LogP contribution in [0.2, 0.25) is 0 Å². The van der Waals surface area contributed by atoms with Gasteiger partial charge in [0.1, 0.15) is 5.82 Å². The molecule has 4 N–H and O–H groups in total. The van der Waals surface area contributed by atoms with Crippen molar-refractivity contribution >= 4 is 0 Å². The topological polar surface area (TPSA) is 92.0 Å². The van der Waals surface area contributed by atoms with Gasteiger partial charge in [0.25, 0.3) is 5.56 Å². The molecule has 5 heteroatoms. The summed E-state index contributed by atoms with van der Waals surface area (Å²) in [5, 5.41) is 9.58. The summed E-state index contributed by atoms with van der Waals surface area (Å²) >= 11 is 0. The third-order valence-corrected chi connectivity index (χ3v) is 2.08. The summed E-state index contributed by atoms with van der Waals surface area (Å²) in [5.41, 5.74) is 5.62. The van der Waals surface area contributed by atoms with Crippen molar-refractivity contribution in [2.24, 2.45) is 5.73 Å². The second kappa shape index (κ2) is 4.44. The number of nitrogens with two attached hydrogens (primary N) is 1. The second-order valence-corrected chi connectivity index (χ2v) is 4.09. The van der Waals surface area contributed by atoms with E-state index in [0.29, 0.717) is 17.8 Å². The number of H-pyrrole nitrogens is 1. The van der Waals surface area contributed by atoms with Crippen molar-refractivity contribution in [1.29, 1.82) is 0 Å². The highest BCUT2D eigenvalue weighted by Crippen LogP contribution is 2.18. The molecule has 1 rings (SSSR count). The normalized spacial score (nSPS) is 13.1. The van der Waals surface area contributed by atoms with Crippen molar-refractivity contribution in [3.05, 3.63) is 21.7 Å². The van der Waals surface area contributed by atoms with Gasteiger partial charge in [-0.3, -0.25) is 4.79 Å². The Morgan fingerprint density at radius 3 is 2.47 bits per heavy atom. The van der Waals surface area contributed by atoms with Gasteiger partial charge in [0.2, 0.25) is 5.88 Å². The molecule has 0 saturated heterocycles. The van der Waals surface area contributed by atoms with E-state index < -0.39 is 0 Å². The predicted octanol–water partition coefficient (Wildman–Crippen LogP) is 0.489. The lowest BCUT2D eigenvalue weighted by molar-refractivity contribution is 0.434. The van der Waals surface area contributed by atoms with Gasteiger partial charge in [0, 0.05) is 12.5 Å². The van der Waals surface area contributed by atoms with E-state index in [4.69, 9.17) is 5.73 Å². The highest BCUT2D eigenvalue weighted by Gasteiger charge is 2.14. The van der Waals surface area contributed by atoms with E-state index in [2.05, 4.69) is 9.97 Å². The number of hydrogen-bond donors (Lipinski definition) is 3. The van der Waals surface area contributed by atoms with Crippen molar-refractivity contribution in [2.45, 2.75) is 39.2 Å². The molecule has 84 valence electrons. The Labute approximate surface area is 88.4 Å². The zero-order valence-electron chi connectivity index (χ0n) is 9.24. The summed E-state index contributed by atoms with van der Waals surface area (Å²) < 4.78 is 0. The van der Waals surface area contributed by atoms with Crippen LogP contribution in [-0.4, -0.2) is 21.1 Å². The Hall–Kier alpha value is -1.36. The summed E-state index contributed by atoms with van der Waals surface area (Å²) in [5.74, 6) is 0.187. The average Bonchev–Trinajstić information content (AvgIpc) is 1.99. The van der Waals surface area contributed by atoms with Gasteiger partial charge in [0.05, 0.1) is 5.56 Å². The molecule has 0 saturated carbocycles. The number of nitrogens with one attached hydrogen (secondary N) is 1. The largest absolute Gasteiger partial charge is 0.493 e. The van der Waals surface area contributed by atoms with Crippen LogP contribution in [0.5, 0.6) is 5.88 Å². The number of aromatic amines is 1. The molecule has 1 atom stereocenters. The van der Waals surface area contributed by atoms with Crippen LogP contribution in [0.25, 0.3) is 0 Å². The Balaban J connectivity index is 3.14. The maximum atomic E-state index is 11.6. The molecule has 0 aromatic carbocycles. The molecule has 0 radical (unpaired) electrons. The Morgan fingerprint density at radius 2 is 2.07 bits per heavy atom. The highest BCUT2D eigenvalue weighted by molar-refractivity contribution is 5.25. The van der Waals surface area contributed by atoms with E-state index in [1.54, 1.807) is 0 Å². The van der Waals surface area contributed by atoms with E-state index in [0.717, 1.165) is 0 Å². The first-order valence-corrected chi connectivity index (χ1v) is 4.99. The first-order valence-electron chi connectivity index (χ1n) is 4.99. The molecule has 1 aromatic heterocycles. The van der Waals surface area contributed by atoms with Gasteiger partial charge in [0.15, 0.2) is 0 Å². The van der Waals surface area contributed by atoms with E-state index in [-0.39, 0.29) is 23.4 Å². The van der Waals surface area contributed by atoms with Crippen molar-refractivity contribution < 1.29 is 5.11 Å². The summed E-state index contributed by atoms with van der Waals surface area (Å²) in [6, 6.07) is -0.0996. The van der Waals surface area contributed by atoms with E-state index in [1.807, 2.05) is 20.8 Å². The van der Waals surface area contributed by atoms with Crippen LogP contribution in [0, 0.1) is 0 Å². The molecule has 0 aliphatic rings. The third kappa shape index (κ3) is 2.79. The molecule has 5 nitrogen and oxygen atoms in total. The SMILES string of the molecule is CC(N)Cc1nc(O)c(C(C)C)c(=O)[nH]1. The van der Waals surface area contributed by atoms with Gasteiger partial charge in [-0.1, -0.05) is 13.8 Å². The standard InChI is InChI=1S/C10H17N3O2/c1-5(2)8-9(14)12-7(4-6(3)11)13-10(8)15/h5-6H,4,11H2,1-3H3,(H2,12,13,14,15). The summed E-state index contributed by atoms with van der Waals surface area (Å²) in [4.78, 5) is 18.1. The smallest absolute Gasteiger partial charge is 0.258 e. The molecule has 0 spiro atoms. The van der Waals surface area contributed by atoms with Gasteiger partial charge >= 0.3 is 0 Å². The lowest BCUT2D eigenvalue weighted by atomic mass is 10.1. The van der Waals surface area contributed by atoms with Crippen molar-refractivity contribution in [3.63, 3.8) is 0 Å². The lowest BCUT2D eigenvalue weighted by Crippen LogP contribution is -2.24. The number of rotatable bonds is 3. The van der Waals surface area contributed by atoms with Crippen LogP contribution in [0.3, 0.4) is 0 Å². The van der Waals surface area contributed by atoms with Crippen LogP contribution in [0.4, 0.5) is 0 Å². The van der Waals surface area contributed by atoms with Gasteiger partial charge in [-0.05, 0) is 12.8 Å². The van der Waals surface area contributed by atoms with Crippen LogP contribution < -0.4 is 11.3 Å². The maximum Gasteiger partial charge on any atom is 0.258 e. The fourth-order valence-electron chi connectivity index (χ4n) is 1.44. The van der Waals surface area contributed by atoms with Gasteiger partial charge in [-0.2, -0.15) is 4.98 Å². The summed E-state index contributed by atoms with van der Waals surface area (Å²) in [6.45, 7) is 5.47. The minimum Gasteiger partial charge on any atom is -0.493 e. The predicted molar refractivity (Wildman–Crippen MR) is 58.0 cm³/mol. The number of aromatic hydroxyl groups is 1. The molecule has 0 fully saturated rings. The molecule has 1 unspecified atom stereocenters. The summed E-state index contributed by atoms with van der Waals surface area (Å²) in [6.07, 6.45) is 0.446. The quantitative estimate of drug-likeness (QED) is 0.678. The maximum absolute atomic E-state index is 11.6. The first-order chi connectivity index (χ1) is 6.91. The highest BCUT2D eigenvalue weighted by atomic mass is 16.3. The van der Waals surface area contributed by atoms with E-state index in [1.165, 1.54) is 0 Å². The molecular formula is C10H17N3O2. The third-order valence-electron chi connectivity index (χ3n) is 2.08. The molecule has 0 bridgehead atoms. The fraction of sp³-hybridized carbons (Fsp3) is 0.600. The van der Waals surface area contributed by atoms with E-state index in [9.17, 15) is 9.90 Å². The molecular weight excluding hydrogens is 194 g/mol. The Kier molecular flexibility index (Phi) is 3.47. The van der Waals surface area contributed by atoms with Crippen molar-refractivity contribution in [2.75, 3.05) is 0 Å². The Morgan fingerprint density at radius 1 is 1.47 bits per heavy atom. The number of hydrogen-bond acceptors (Lipinski definition) is 4. The number of aromatic nitrogens is 2. The summed E-state index contributed by atoms with van der Waals surface area (Å²) in [7, 11) is 0. The van der Waals surface area contributed by atoms with E-state index >= 15 is 0 Å². The van der Waals surface area contributed by atoms with Crippen LogP contribution >= 0.6 is 0 Å².